The van der Waals surface area contributed by atoms with Crippen molar-refractivity contribution in [1.29, 1.82) is 0 Å². The molecule has 2 aromatic rings. The van der Waals surface area contributed by atoms with Crippen LogP contribution in [0, 0.1) is 0 Å². The number of amides is 1. The third-order valence-corrected chi connectivity index (χ3v) is 2.71. The molecule has 0 aliphatic rings. The summed E-state index contributed by atoms with van der Waals surface area (Å²) in [6.07, 6.45) is 0. The molecule has 6 heteroatoms. The molecule has 0 radical (unpaired) electrons. The van der Waals surface area contributed by atoms with Gasteiger partial charge in [-0.1, -0.05) is 0 Å². The van der Waals surface area contributed by atoms with Crippen molar-refractivity contribution in [3.8, 4) is 0 Å². The summed E-state index contributed by atoms with van der Waals surface area (Å²) in [4.78, 5) is 30.7. The lowest BCUT2D eigenvalue weighted by Gasteiger charge is -2.13. The molecule has 1 N–H and O–H groups in total. The van der Waals surface area contributed by atoms with Crippen molar-refractivity contribution < 1.29 is 9.63 Å². The molecule has 2 rings (SSSR count). The Morgan fingerprint density at radius 3 is 2.82 bits per heavy atom. The minimum absolute atomic E-state index is 0.204. The van der Waals surface area contributed by atoms with Gasteiger partial charge in [0.25, 0.3) is 5.91 Å². The lowest BCUT2D eigenvalue weighted by atomic mass is 10.2. The van der Waals surface area contributed by atoms with Crippen molar-refractivity contribution in [2.45, 2.75) is 0 Å². The van der Waals surface area contributed by atoms with E-state index in [1.165, 1.54) is 18.7 Å². The van der Waals surface area contributed by atoms with Crippen LogP contribution in [0.4, 0.5) is 0 Å². The molecule has 0 atom stereocenters. The molecule has 0 fully saturated rings. The fourth-order valence-electron chi connectivity index (χ4n) is 1.63. The highest BCUT2D eigenvalue weighted by molar-refractivity contribution is 5.96. The molecule has 0 unspecified atom stereocenters. The topological polar surface area (TPSA) is 67.3 Å². The van der Waals surface area contributed by atoms with Gasteiger partial charge in [-0.2, -0.15) is 0 Å². The van der Waals surface area contributed by atoms with E-state index in [-0.39, 0.29) is 11.6 Å². The number of hydrogen-bond donors (Lipinski definition) is 1. The number of aryl methyl sites for hydroxylation is 1. The van der Waals surface area contributed by atoms with E-state index < -0.39 is 0 Å². The summed E-state index contributed by atoms with van der Waals surface area (Å²) >= 11 is 0. The van der Waals surface area contributed by atoms with Crippen LogP contribution in [0.15, 0.2) is 23.0 Å². The second-order valence-electron chi connectivity index (χ2n) is 3.71. The monoisotopic (exact) mass is 235 g/mol. The molecule has 0 bridgehead atoms. The predicted octanol–water partition coefficient (Wildman–Crippen LogP) is 0.500. The van der Waals surface area contributed by atoms with Crippen molar-refractivity contribution in [2.75, 3.05) is 14.2 Å². The second kappa shape index (κ2) is 4.06. The van der Waals surface area contributed by atoms with Crippen molar-refractivity contribution in [1.82, 2.24) is 14.6 Å². The van der Waals surface area contributed by atoms with Gasteiger partial charge in [-0.15, -0.1) is 0 Å². The number of H-pyrrole nitrogens is 1. The molecular weight excluding hydrogens is 222 g/mol. The standard InChI is InChI=1S/C11H13N3O3/c1-13-9-5-4-7(10(15)14(2)17-3)6-8(9)12-11(13)16/h4-6H,1-3H3,(H,12,16). The number of aromatic amines is 1. The molecule has 1 amide bonds. The average molecular weight is 235 g/mol. The molecule has 1 heterocycles. The molecule has 6 nitrogen and oxygen atoms in total. The Balaban J connectivity index is 2.52. The Hall–Kier alpha value is -2.08. The number of carbonyl (C=O) groups is 1. The number of imidazole rings is 1. The number of hydroxylamine groups is 2. The van der Waals surface area contributed by atoms with Crippen LogP contribution in [0.25, 0.3) is 11.0 Å². The number of aromatic nitrogens is 2. The van der Waals surface area contributed by atoms with Crippen molar-refractivity contribution in [2.24, 2.45) is 7.05 Å². The number of fused-ring (bicyclic) bond motifs is 1. The summed E-state index contributed by atoms with van der Waals surface area (Å²) in [5.74, 6) is -0.265. The summed E-state index contributed by atoms with van der Waals surface area (Å²) in [6.45, 7) is 0. The van der Waals surface area contributed by atoms with Gasteiger partial charge >= 0.3 is 5.69 Å². The minimum atomic E-state index is -0.265. The Morgan fingerprint density at radius 2 is 2.18 bits per heavy atom. The summed E-state index contributed by atoms with van der Waals surface area (Å²) < 4.78 is 1.49. The van der Waals surface area contributed by atoms with Crippen LogP contribution in [-0.2, 0) is 11.9 Å². The molecular formula is C11H13N3O3. The quantitative estimate of drug-likeness (QED) is 0.771. The number of benzene rings is 1. The highest BCUT2D eigenvalue weighted by Crippen LogP contribution is 2.13. The van der Waals surface area contributed by atoms with Gasteiger partial charge in [0, 0.05) is 19.7 Å². The van der Waals surface area contributed by atoms with Gasteiger partial charge in [-0.3, -0.25) is 14.2 Å². The van der Waals surface area contributed by atoms with Crippen molar-refractivity contribution >= 4 is 16.9 Å². The van der Waals surface area contributed by atoms with Gasteiger partial charge in [0.15, 0.2) is 0 Å². The number of nitrogens with zero attached hydrogens (tertiary/aromatic N) is 2. The molecule has 0 spiro atoms. The summed E-state index contributed by atoms with van der Waals surface area (Å²) in [5, 5.41) is 1.13. The molecule has 0 saturated heterocycles. The summed E-state index contributed by atoms with van der Waals surface area (Å²) in [5.41, 5.74) is 1.65. The molecule has 0 aliphatic heterocycles. The zero-order valence-electron chi connectivity index (χ0n) is 9.85. The van der Waals surface area contributed by atoms with Crippen LogP contribution < -0.4 is 5.69 Å². The maximum Gasteiger partial charge on any atom is 0.326 e. The van der Waals surface area contributed by atoms with E-state index in [1.807, 2.05) is 0 Å². The van der Waals surface area contributed by atoms with E-state index in [9.17, 15) is 9.59 Å². The first-order chi connectivity index (χ1) is 8.04. The minimum Gasteiger partial charge on any atom is -0.306 e. The van der Waals surface area contributed by atoms with Gasteiger partial charge in [0.2, 0.25) is 0 Å². The van der Waals surface area contributed by atoms with Gasteiger partial charge < -0.3 is 4.98 Å². The van der Waals surface area contributed by atoms with E-state index in [0.29, 0.717) is 11.1 Å². The van der Waals surface area contributed by atoms with Crippen molar-refractivity contribution in [3.05, 3.63) is 34.2 Å². The Labute approximate surface area is 97.4 Å². The van der Waals surface area contributed by atoms with Crippen LogP contribution in [0.5, 0.6) is 0 Å². The molecule has 90 valence electrons. The third kappa shape index (κ3) is 1.83. The highest BCUT2D eigenvalue weighted by Gasteiger charge is 2.13. The Kier molecular flexibility index (Phi) is 2.72. The maximum absolute atomic E-state index is 11.8. The van der Waals surface area contributed by atoms with Crippen LogP contribution >= 0.6 is 0 Å². The first-order valence-electron chi connectivity index (χ1n) is 5.05. The molecule has 0 saturated carbocycles. The van der Waals surface area contributed by atoms with Gasteiger partial charge in [0.05, 0.1) is 18.1 Å². The van der Waals surface area contributed by atoms with Crippen LogP contribution in [0.3, 0.4) is 0 Å². The smallest absolute Gasteiger partial charge is 0.306 e. The Bertz CT molecular complexity index is 626. The summed E-state index contributed by atoms with van der Waals surface area (Å²) in [7, 11) is 4.62. The van der Waals surface area contributed by atoms with Crippen LogP contribution in [0.2, 0.25) is 0 Å². The first-order valence-corrected chi connectivity index (χ1v) is 5.05. The van der Waals surface area contributed by atoms with E-state index in [4.69, 9.17) is 4.84 Å². The fourth-order valence-corrected chi connectivity index (χ4v) is 1.63. The van der Waals surface area contributed by atoms with E-state index in [2.05, 4.69) is 4.98 Å². The molecule has 17 heavy (non-hydrogen) atoms. The van der Waals surface area contributed by atoms with Crippen molar-refractivity contribution in [3.63, 3.8) is 0 Å². The molecule has 1 aromatic heterocycles. The van der Waals surface area contributed by atoms with Gasteiger partial charge in [0.1, 0.15) is 0 Å². The lowest BCUT2D eigenvalue weighted by Crippen LogP contribution is -2.25. The van der Waals surface area contributed by atoms with E-state index in [0.717, 1.165) is 10.6 Å². The van der Waals surface area contributed by atoms with Gasteiger partial charge in [-0.25, -0.2) is 9.86 Å². The fraction of sp³-hybridized carbons (Fsp3) is 0.273. The lowest BCUT2D eigenvalue weighted by molar-refractivity contribution is -0.0756. The molecule has 0 aliphatic carbocycles. The molecule has 1 aromatic carbocycles. The predicted molar refractivity (Wildman–Crippen MR) is 62.6 cm³/mol. The average Bonchev–Trinajstić information content (AvgIpc) is 2.62. The third-order valence-electron chi connectivity index (χ3n) is 2.71. The summed E-state index contributed by atoms with van der Waals surface area (Å²) in [6, 6.07) is 5.02. The first kappa shape index (κ1) is 11.4. The zero-order valence-corrected chi connectivity index (χ0v) is 9.85. The SMILES string of the molecule is CON(C)C(=O)c1ccc2c(c1)[nH]c(=O)n2C. The number of rotatable bonds is 2. The largest absolute Gasteiger partial charge is 0.326 e. The Morgan fingerprint density at radius 1 is 1.47 bits per heavy atom. The van der Waals surface area contributed by atoms with E-state index in [1.54, 1.807) is 25.2 Å². The number of carbonyl (C=O) groups excluding carboxylic acids is 1. The normalized spacial score (nSPS) is 10.8. The number of hydrogen-bond acceptors (Lipinski definition) is 3. The maximum atomic E-state index is 11.8. The second-order valence-corrected chi connectivity index (χ2v) is 3.71. The van der Waals surface area contributed by atoms with Gasteiger partial charge in [-0.05, 0) is 18.2 Å². The van der Waals surface area contributed by atoms with Crippen LogP contribution in [0.1, 0.15) is 10.4 Å². The number of nitrogens with one attached hydrogen (secondary N) is 1. The zero-order chi connectivity index (χ0) is 12.6. The van der Waals surface area contributed by atoms with E-state index >= 15 is 0 Å². The highest BCUT2D eigenvalue weighted by atomic mass is 16.7. The van der Waals surface area contributed by atoms with Crippen LogP contribution in [-0.4, -0.2) is 34.7 Å².